The number of hydrazine groups is 1. The Morgan fingerprint density at radius 2 is 1.86 bits per heavy atom. The molecule has 1 aliphatic rings. The van der Waals surface area contributed by atoms with Crippen LogP contribution in [0.4, 0.5) is 0 Å². The molecule has 0 bridgehead atoms. The summed E-state index contributed by atoms with van der Waals surface area (Å²) in [4.78, 5) is 0. The summed E-state index contributed by atoms with van der Waals surface area (Å²) in [7, 11) is 1.70. The number of ether oxygens (including phenoxy) is 1. The molecular weight excluding hydrogens is 260 g/mol. The van der Waals surface area contributed by atoms with Crippen molar-refractivity contribution >= 4 is 0 Å². The third kappa shape index (κ3) is 4.45. The smallest absolute Gasteiger partial charge is 0.118 e. The average Bonchev–Trinajstić information content (AvgIpc) is 2.55. The molecule has 0 heterocycles. The zero-order chi connectivity index (χ0) is 15.1. The molecule has 3 nitrogen and oxygen atoms in total. The lowest BCUT2D eigenvalue weighted by Crippen LogP contribution is -2.35. The van der Waals surface area contributed by atoms with Crippen LogP contribution in [0.1, 0.15) is 63.5 Å². The number of methoxy groups -OCH3 is 1. The minimum absolute atomic E-state index is 0.267. The van der Waals surface area contributed by atoms with Gasteiger partial charge in [-0.25, -0.2) is 0 Å². The van der Waals surface area contributed by atoms with Gasteiger partial charge in [0.15, 0.2) is 0 Å². The third-order valence-corrected chi connectivity index (χ3v) is 4.98. The molecule has 0 aromatic heterocycles. The van der Waals surface area contributed by atoms with E-state index in [9.17, 15) is 0 Å². The van der Waals surface area contributed by atoms with Crippen LogP contribution in [0.5, 0.6) is 5.75 Å². The van der Waals surface area contributed by atoms with Crippen molar-refractivity contribution in [1.82, 2.24) is 5.43 Å². The van der Waals surface area contributed by atoms with Crippen molar-refractivity contribution in [3.63, 3.8) is 0 Å². The summed E-state index contributed by atoms with van der Waals surface area (Å²) in [6, 6.07) is 8.57. The SMILES string of the molecule is CCCCC1CCC(C(NN)c2ccc(OC)cc2)CC1. The van der Waals surface area contributed by atoms with Crippen LogP contribution in [0, 0.1) is 11.8 Å². The number of unbranched alkanes of at least 4 members (excludes halogenated alkanes) is 1. The number of nitrogens with one attached hydrogen (secondary N) is 1. The van der Waals surface area contributed by atoms with Gasteiger partial charge in [-0.2, -0.15) is 0 Å². The topological polar surface area (TPSA) is 47.3 Å². The van der Waals surface area contributed by atoms with E-state index in [0.29, 0.717) is 5.92 Å². The second kappa shape index (κ2) is 8.40. The van der Waals surface area contributed by atoms with E-state index >= 15 is 0 Å². The Labute approximate surface area is 129 Å². The second-order valence-electron chi connectivity index (χ2n) is 6.34. The summed E-state index contributed by atoms with van der Waals surface area (Å²) in [5, 5.41) is 0. The first kappa shape index (κ1) is 16.3. The lowest BCUT2D eigenvalue weighted by Gasteiger charge is -2.34. The van der Waals surface area contributed by atoms with Crippen molar-refractivity contribution in [1.29, 1.82) is 0 Å². The molecule has 1 fully saturated rings. The normalized spacial score (nSPS) is 23.8. The molecule has 118 valence electrons. The van der Waals surface area contributed by atoms with Gasteiger partial charge in [0.25, 0.3) is 0 Å². The predicted octanol–water partition coefficient (Wildman–Crippen LogP) is 4.20. The summed E-state index contributed by atoms with van der Waals surface area (Å²) in [5.41, 5.74) is 4.32. The fourth-order valence-corrected chi connectivity index (χ4v) is 3.62. The molecule has 0 amide bonds. The van der Waals surface area contributed by atoms with Crippen LogP contribution in [0.25, 0.3) is 0 Å². The van der Waals surface area contributed by atoms with Crippen LogP contribution in [-0.4, -0.2) is 7.11 Å². The average molecular weight is 290 g/mol. The minimum Gasteiger partial charge on any atom is -0.497 e. The Kier molecular flexibility index (Phi) is 6.52. The first-order valence-corrected chi connectivity index (χ1v) is 8.38. The summed E-state index contributed by atoms with van der Waals surface area (Å²) in [6.45, 7) is 2.28. The molecule has 1 atom stereocenters. The van der Waals surface area contributed by atoms with E-state index in [4.69, 9.17) is 10.6 Å². The summed E-state index contributed by atoms with van der Waals surface area (Å²) in [6.07, 6.45) is 9.40. The van der Waals surface area contributed by atoms with Crippen molar-refractivity contribution in [2.45, 2.75) is 57.9 Å². The largest absolute Gasteiger partial charge is 0.497 e. The quantitative estimate of drug-likeness (QED) is 0.584. The van der Waals surface area contributed by atoms with E-state index in [1.165, 1.54) is 50.5 Å². The van der Waals surface area contributed by atoms with Crippen LogP contribution in [-0.2, 0) is 0 Å². The van der Waals surface area contributed by atoms with Gasteiger partial charge in [-0.15, -0.1) is 0 Å². The van der Waals surface area contributed by atoms with Crippen LogP contribution >= 0.6 is 0 Å². The van der Waals surface area contributed by atoms with Crippen LogP contribution in [0.2, 0.25) is 0 Å². The Morgan fingerprint density at radius 3 is 2.38 bits per heavy atom. The maximum atomic E-state index is 5.84. The molecule has 1 aliphatic carbocycles. The first-order chi connectivity index (χ1) is 10.3. The van der Waals surface area contributed by atoms with E-state index in [2.05, 4.69) is 24.5 Å². The lowest BCUT2D eigenvalue weighted by molar-refractivity contribution is 0.213. The van der Waals surface area contributed by atoms with E-state index in [1.54, 1.807) is 7.11 Å². The first-order valence-electron chi connectivity index (χ1n) is 8.38. The van der Waals surface area contributed by atoms with Gasteiger partial charge in [0.1, 0.15) is 5.75 Å². The molecule has 3 N–H and O–H groups in total. The summed E-state index contributed by atoms with van der Waals surface area (Å²) >= 11 is 0. The van der Waals surface area contributed by atoms with Crippen molar-refractivity contribution in [3.05, 3.63) is 29.8 Å². The Morgan fingerprint density at radius 1 is 1.19 bits per heavy atom. The van der Waals surface area contributed by atoms with Crippen molar-refractivity contribution in [2.24, 2.45) is 17.7 Å². The van der Waals surface area contributed by atoms with Crippen molar-refractivity contribution in [2.75, 3.05) is 7.11 Å². The summed E-state index contributed by atoms with van der Waals surface area (Å²) < 4.78 is 5.23. The number of hydrogen-bond acceptors (Lipinski definition) is 3. The van der Waals surface area contributed by atoms with Gasteiger partial charge in [0.05, 0.1) is 7.11 Å². The fraction of sp³-hybridized carbons (Fsp3) is 0.667. The van der Waals surface area contributed by atoms with Gasteiger partial charge >= 0.3 is 0 Å². The Balaban J connectivity index is 1.92. The number of hydrogen-bond donors (Lipinski definition) is 2. The molecule has 1 unspecified atom stereocenters. The number of benzene rings is 1. The van der Waals surface area contributed by atoms with E-state index in [1.807, 2.05) is 12.1 Å². The van der Waals surface area contributed by atoms with E-state index < -0.39 is 0 Å². The van der Waals surface area contributed by atoms with Crippen LogP contribution in [0.15, 0.2) is 24.3 Å². The zero-order valence-corrected chi connectivity index (χ0v) is 13.5. The fourth-order valence-electron chi connectivity index (χ4n) is 3.62. The highest BCUT2D eigenvalue weighted by molar-refractivity contribution is 5.29. The monoisotopic (exact) mass is 290 g/mol. The molecule has 0 radical (unpaired) electrons. The number of rotatable bonds is 7. The lowest BCUT2D eigenvalue weighted by atomic mass is 9.75. The van der Waals surface area contributed by atoms with Crippen molar-refractivity contribution < 1.29 is 4.74 Å². The molecule has 1 aromatic carbocycles. The Bertz CT molecular complexity index is 396. The minimum atomic E-state index is 0.267. The highest BCUT2D eigenvalue weighted by Gasteiger charge is 2.27. The molecule has 0 saturated heterocycles. The summed E-state index contributed by atoms with van der Waals surface area (Å²) in [5.74, 6) is 8.33. The van der Waals surface area contributed by atoms with Gasteiger partial charge in [-0.1, -0.05) is 51.2 Å². The van der Waals surface area contributed by atoms with Gasteiger partial charge in [0.2, 0.25) is 0 Å². The molecule has 21 heavy (non-hydrogen) atoms. The number of nitrogens with two attached hydrogens (primary N) is 1. The van der Waals surface area contributed by atoms with Gasteiger partial charge < -0.3 is 4.74 Å². The Hall–Kier alpha value is -1.06. The van der Waals surface area contributed by atoms with Gasteiger partial charge in [0, 0.05) is 6.04 Å². The molecule has 1 saturated carbocycles. The predicted molar refractivity (Wildman–Crippen MR) is 88.0 cm³/mol. The molecule has 3 heteroatoms. The molecule has 0 spiro atoms. The van der Waals surface area contributed by atoms with Crippen LogP contribution < -0.4 is 16.0 Å². The standard InChI is InChI=1S/C18H30N2O/c1-3-4-5-14-6-8-15(9-7-14)18(20-19)16-10-12-17(21-2)13-11-16/h10-15,18,20H,3-9,19H2,1-2H3. The maximum absolute atomic E-state index is 5.84. The van der Waals surface area contributed by atoms with Crippen molar-refractivity contribution in [3.8, 4) is 5.75 Å². The van der Waals surface area contributed by atoms with E-state index in [-0.39, 0.29) is 6.04 Å². The molecule has 2 rings (SSSR count). The highest BCUT2D eigenvalue weighted by atomic mass is 16.5. The second-order valence-corrected chi connectivity index (χ2v) is 6.34. The maximum Gasteiger partial charge on any atom is 0.118 e. The van der Waals surface area contributed by atoms with Gasteiger partial charge in [-0.05, 0) is 42.4 Å². The third-order valence-electron chi connectivity index (χ3n) is 4.98. The van der Waals surface area contributed by atoms with Gasteiger partial charge in [-0.3, -0.25) is 11.3 Å². The molecule has 1 aromatic rings. The molecule has 0 aliphatic heterocycles. The highest BCUT2D eigenvalue weighted by Crippen LogP contribution is 2.38. The van der Waals surface area contributed by atoms with E-state index in [0.717, 1.165) is 11.7 Å². The molecular formula is C18H30N2O. The zero-order valence-electron chi connectivity index (χ0n) is 13.5. The van der Waals surface area contributed by atoms with Crippen LogP contribution in [0.3, 0.4) is 0 Å².